The van der Waals surface area contributed by atoms with Crippen molar-refractivity contribution < 1.29 is 0 Å². The van der Waals surface area contributed by atoms with Crippen molar-refractivity contribution in [2.75, 3.05) is 9.80 Å². The van der Waals surface area contributed by atoms with Crippen molar-refractivity contribution in [3.8, 4) is 74.0 Å². The fraction of sp³-hybridized carbons (Fsp3) is 0. The summed E-state index contributed by atoms with van der Waals surface area (Å²) in [6.45, 7) is 0. The number of hydrogen-bond donors (Lipinski definition) is 0. The zero-order chi connectivity index (χ0) is 53.1. The number of benzene rings is 11. The molecule has 0 amide bonds. The lowest BCUT2D eigenvalue weighted by Gasteiger charge is -2.26. The van der Waals surface area contributed by atoms with Gasteiger partial charge in [0.25, 0.3) is 0 Å². The van der Waals surface area contributed by atoms with Crippen molar-refractivity contribution in [3.63, 3.8) is 0 Å². The molecule has 13 rings (SSSR count). The smallest absolute Gasteiger partial charge is 0.160 e. The van der Waals surface area contributed by atoms with E-state index in [1.165, 1.54) is 0 Å². The van der Waals surface area contributed by atoms with Crippen LogP contribution >= 0.6 is 0 Å². The Balaban J connectivity index is 0.886. The van der Waals surface area contributed by atoms with Gasteiger partial charge in [-0.2, -0.15) is 10.5 Å². The maximum Gasteiger partial charge on any atom is 0.160 e. The molecule has 0 radical (unpaired) electrons. The third-order valence-electron chi connectivity index (χ3n) is 14.4. The SMILES string of the molecule is N#Cc1cc(-c2ccc(-n3c4ccc(N(c5ccccc5)c5ccccc5)cc4c4cc(N(c5ccccc5)c5ccccc5)ccc43)cc2)cc(C#N)c1-c1ccc(-c2cc(-c3ccccc3)nc(-c3ccccc3)n2)cc1. The summed E-state index contributed by atoms with van der Waals surface area (Å²) < 4.78 is 2.33. The predicted octanol–water partition coefficient (Wildman–Crippen LogP) is 18.6. The lowest BCUT2D eigenvalue weighted by molar-refractivity contribution is 1.18. The van der Waals surface area contributed by atoms with E-state index < -0.39 is 0 Å². The summed E-state index contributed by atoms with van der Waals surface area (Å²) in [6, 6.07) is 103. The fourth-order valence-corrected chi connectivity index (χ4v) is 10.7. The summed E-state index contributed by atoms with van der Waals surface area (Å²) in [5, 5.41) is 23.7. The number of hydrogen-bond acceptors (Lipinski definition) is 6. The van der Waals surface area contributed by atoms with Gasteiger partial charge in [0.2, 0.25) is 0 Å². The molecule has 0 atom stereocenters. The average molecular weight is 1010 g/mol. The van der Waals surface area contributed by atoms with Gasteiger partial charge in [0.1, 0.15) is 0 Å². The van der Waals surface area contributed by atoms with Crippen LogP contribution in [0.2, 0.25) is 0 Å². The van der Waals surface area contributed by atoms with E-state index in [-0.39, 0.29) is 0 Å². The molecule has 370 valence electrons. The Labute approximate surface area is 458 Å². The molecule has 0 saturated carbocycles. The summed E-state index contributed by atoms with van der Waals surface area (Å²) in [4.78, 5) is 14.6. The van der Waals surface area contributed by atoms with Crippen LogP contribution < -0.4 is 9.80 Å². The van der Waals surface area contributed by atoms with Gasteiger partial charge >= 0.3 is 0 Å². The second-order valence-corrected chi connectivity index (χ2v) is 19.2. The van der Waals surface area contributed by atoms with Crippen molar-refractivity contribution in [1.29, 1.82) is 10.5 Å². The van der Waals surface area contributed by atoms with Gasteiger partial charge in [-0.1, -0.05) is 170 Å². The summed E-state index contributed by atoms with van der Waals surface area (Å²) in [6.07, 6.45) is 0. The molecule has 0 N–H and O–H groups in total. The summed E-state index contributed by atoms with van der Waals surface area (Å²) in [7, 11) is 0. The van der Waals surface area contributed by atoms with Gasteiger partial charge in [0, 0.05) is 72.8 Å². The molecule has 2 heterocycles. The molecule has 11 aromatic carbocycles. The molecule has 0 fully saturated rings. The summed E-state index contributed by atoms with van der Waals surface area (Å²) in [5.74, 6) is 0.630. The third-order valence-corrected chi connectivity index (χ3v) is 14.4. The number of fused-ring (bicyclic) bond motifs is 3. The molecule has 79 heavy (non-hydrogen) atoms. The van der Waals surface area contributed by atoms with Crippen LogP contribution in [0.5, 0.6) is 0 Å². The van der Waals surface area contributed by atoms with Crippen molar-refractivity contribution in [2.45, 2.75) is 0 Å². The Bertz CT molecular complexity index is 4090. The van der Waals surface area contributed by atoms with Gasteiger partial charge in [-0.15, -0.1) is 0 Å². The second-order valence-electron chi connectivity index (χ2n) is 19.2. The van der Waals surface area contributed by atoms with Crippen molar-refractivity contribution in [2.24, 2.45) is 0 Å². The van der Waals surface area contributed by atoms with E-state index in [9.17, 15) is 10.5 Å². The highest BCUT2D eigenvalue weighted by Crippen LogP contribution is 2.43. The molecule has 0 unspecified atom stereocenters. The lowest BCUT2D eigenvalue weighted by Crippen LogP contribution is -2.09. The van der Waals surface area contributed by atoms with E-state index in [2.05, 4.69) is 184 Å². The van der Waals surface area contributed by atoms with E-state index in [1.54, 1.807) is 0 Å². The Kier molecular flexibility index (Phi) is 12.6. The highest BCUT2D eigenvalue weighted by atomic mass is 15.1. The first-order valence-corrected chi connectivity index (χ1v) is 26.2. The number of anilines is 6. The quantitative estimate of drug-likeness (QED) is 0.121. The maximum atomic E-state index is 10.7. The lowest BCUT2D eigenvalue weighted by atomic mass is 9.90. The molecule has 7 nitrogen and oxygen atoms in total. The Hall–Kier alpha value is -11.1. The van der Waals surface area contributed by atoms with Gasteiger partial charge in [-0.25, -0.2) is 9.97 Å². The van der Waals surface area contributed by atoms with Gasteiger partial charge < -0.3 is 14.4 Å². The maximum absolute atomic E-state index is 10.7. The Morgan fingerprint density at radius 3 is 1.09 bits per heavy atom. The Morgan fingerprint density at radius 2 is 0.671 bits per heavy atom. The van der Waals surface area contributed by atoms with Crippen LogP contribution in [0.15, 0.2) is 285 Å². The monoisotopic (exact) mass is 1010 g/mol. The van der Waals surface area contributed by atoms with Crippen LogP contribution in [0.1, 0.15) is 11.1 Å². The third kappa shape index (κ3) is 9.21. The predicted molar refractivity (Wildman–Crippen MR) is 322 cm³/mol. The zero-order valence-corrected chi connectivity index (χ0v) is 42.8. The molecular formula is C72H47N7. The molecule has 0 aliphatic carbocycles. The fourth-order valence-electron chi connectivity index (χ4n) is 10.7. The largest absolute Gasteiger partial charge is 0.310 e. The molecule has 0 saturated heterocycles. The number of rotatable bonds is 12. The van der Waals surface area contributed by atoms with E-state index in [0.717, 1.165) is 106 Å². The zero-order valence-electron chi connectivity index (χ0n) is 42.8. The van der Waals surface area contributed by atoms with Gasteiger partial charge in [-0.05, 0) is 132 Å². The minimum atomic E-state index is 0.416. The standard InChI is InChI=1S/C72H47N7/c73-48-56-43-55(44-57(49-74)71(56)53-33-31-52(32-34-53)68-47-67(51-19-7-1-8-20-51)75-72(76-68)54-21-9-2-10-22-54)50-35-37-62(38-36-50)79-69-41-39-63(77(58-23-11-3-12-24-58)59-25-13-4-14-26-59)45-65(69)66-46-64(40-42-70(66)79)78(60-27-15-5-16-28-60)61-29-17-6-18-30-61/h1-47H. The molecule has 0 aliphatic heterocycles. The molecular weight excluding hydrogens is 963 g/mol. The van der Waals surface area contributed by atoms with Crippen LogP contribution in [0.25, 0.3) is 83.6 Å². The molecule has 0 aliphatic rings. The minimum absolute atomic E-state index is 0.416. The molecule has 7 heteroatoms. The van der Waals surface area contributed by atoms with Crippen LogP contribution in [0.3, 0.4) is 0 Å². The first kappa shape index (κ1) is 47.6. The minimum Gasteiger partial charge on any atom is -0.310 e. The van der Waals surface area contributed by atoms with Gasteiger partial charge in [0.05, 0.1) is 45.7 Å². The highest BCUT2D eigenvalue weighted by Gasteiger charge is 2.21. The van der Waals surface area contributed by atoms with Crippen molar-refractivity contribution >= 4 is 55.9 Å². The van der Waals surface area contributed by atoms with E-state index in [4.69, 9.17) is 9.97 Å². The van der Waals surface area contributed by atoms with Gasteiger partial charge in [0.15, 0.2) is 5.82 Å². The first-order valence-electron chi connectivity index (χ1n) is 26.2. The highest BCUT2D eigenvalue weighted by molar-refractivity contribution is 6.12. The normalized spacial score (nSPS) is 11.0. The second kappa shape index (κ2) is 20.9. The summed E-state index contributed by atoms with van der Waals surface area (Å²) in [5.41, 5.74) is 17.7. The van der Waals surface area contributed by atoms with E-state index in [1.807, 2.05) is 127 Å². The average Bonchev–Trinajstić information content (AvgIpc) is 3.90. The number of nitrogens with zero attached hydrogens (tertiary/aromatic N) is 7. The first-order chi connectivity index (χ1) is 39.1. The number of para-hydroxylation sites is 4. The number of nitriles is 2. The number of aromatic nitrogens is 3. The summed E-state index contributed by atoms with van der Waals surface area (Å²) >= 11 is 0. The van der Waals surface area contributed by atoms with Crippen LogP contribution in [-0.4, -0.2) is 14.5 Å². The molecule has 2 aromatic heterocycles. The molecule has 0 spiro atoms. The van der Waals surface area contributed by atoms with Crippen molar-refractivity contribution in [1.82, 2.24) is 14.5 Å². The van der Waals surface area contributed by atoms with Gasteiger partial charge in [-0.3, -0.25) is 0 Å². The molecule has 0 bridgehead atoms. The van der Waals surface area contributed by atoms with Crippen molar-refractivity contribution in [3.05, 3.63) is 296 Å². The Morgan fingerprint density at radius 1 is 0.304 bits per heavy atom. The van der Waals surface area contributed by atoms with Crippen LogP contribution in [-0.2, 0) is 0 Å². The van der Waals surface area contributed by atoms with E-state index >= 15 is 0 Å². The van der Waals surface area contributed by atoms with E-state index in [0.29, 0.717) is 22.5 Å². The molecule has 13 aromatic rings. The van der Waals surface area contributed by atoms with Crippen LogP contribution in [0, 0.1) is 22.7 Å². The van der Waals surface area contributed by atoms with Crippen LogP contribution in [0.4, 0.5) is 34.1 Å². The topological polar surface area (TPSA) is 84.8 Å².